The van der Waals surface area contributed by atoms with Gasteiger partial charge in [-0.05, 0) is 62.7 Å². The number of carbonyl (C=O) groups excluding carboxylic acids is 1. The number of hydrogen-bond donors (Lipinski definition) is 1. The van der Waals surface area contributed by atoms with E-state index in [0.717, 1.165) is 16.8 Å². The van der Waals surface area contributed by atoms with Crippen LogP contribution in [-0.4, -0.2) is 38.4 Å². The number of nitrogens with zero attached hydrogens (tertiary/aromatic N) is 2. The second-order valence-corrected chi connectivity index (χ2v) is 7.69. The van der Waals surface area contributed by atoms with Gasteiger partial charge < -0.3 is 14.4 Å². The molecule has 1 heterocycles. The molecule has 0 atom stereocenters. The van der Waals surface area contributed by atoms with E-state index < -0.39 is 11.7 Å². The molecule has 0 aromatic heterocycles. The lowest BCUT2D eigenvalue weighted by Gasteiger charge is -2.40. The van der Waals surface area contributed by atoms with Crippen molar-refractivity contribution in [1.29, 1.82) is 0 Å². The number of halogens is 1. The molecule has 2 aromatic carbocycles. The maximum Gasteiger partial charge on any atom is 0.277 e. The molecule has 30 heavy (non-hydrogen) atoms. The van der Waals surface area contributed by atoms with Gasteiger partial charge in [0.1, 0.15) is 17.3 Å². The van der Waals surface area contributed by atoms with Gasteiger partial charge in [-0.2, -0.15) is 5.10 Å². The largest absolute Gasteiger partial charge is 0.497 e. The van der Waals surface area contributed by atoms with E-state index in [9.17, 15) is 9.18 Å². The van der Waals surface area contributed by atoms with Gasteiger partial charge in [-0.1, -0.05) is 6.08 Å². The van der Waals surface area contributed by atoms with E-state index in [1.165, 1.54) is 12.3 Å². The van der Waals surface area contributed by atoms with E-state index in [1.807, 2.05) is 18.9 Å². The topological polar surface area (TPSA) is 63.2 Å². The molecule has 0 saturated carbocycles. The summed E-state index contributed by atoms with van der Waals surface area (Å²) in [6.45, 7) is 5.95. The van der Waals surface area contributed by atoms with Crippen LogP contribution in [-0.2, 0) is 4.79 Å². The number of allylic oxidation sites excluding steroid dienone is 1. The normalized spacial score (nSPS) is 14.9. The van der Waals surface area contributed by atoms with Crippen molar-refractivity contribution in [2.75, 3.05) is 25.7 Å². The van der Waals surface area contributed by atoms with Gasteiger partial charge in [0.05, 0.1) is 18.9 Å². The Bertz CT molecular complexity index is 997. The number of methoxy groups -OCH3 is 1. The molecular formula is C23H26FN3O3. The van der Waals surface area contributed by atoms with Gasteiger partial charge in [0.25, 0.3) is 5.91 Å². The molecular weight excluding hydrogens is 385 g/mol. The van der Waals surface area contributed by atoms with E-state index in [1.54, 1.807) is 37.4 Å². The van der Waals surface area contributed by atoms with Crippen molar-refractivity contribution < 1.29 is 18.7 Å². The predicted octanol–water partition coefficient (Wildman–Crippen LogP) is 4.00. The lowest BCUT2D eigenvalue weighted by Crippen LogP contribution is -2.42. The summed E-state index contributed by atoms with van der Waals surface area (Å²) in [5, 5.41) is 3.87. The third kappa shape index (κ3) is 4.62. The Kier molecular flexibility index (Phi) is 6.10. The Balaban J connectivity index is 1.63. The molecule has 0 radical (unpaired) electrons. The second-order valence-electron chi connectivity index (χ2n) is 7.69. The molecule has 3 rings (SSSR count). The van der Waals surface area contributed by atoms with Crippen molar-refractivity contribution in [3.8, 4) is 11.5 Å². The molecule has 1 N–H and O–H groups in total. The Hall–Kier alpha value is -3.35. The highest BCUT2D eigenvalue weighted by molar-refractivity contribution is 5.88. The minimum Gasteiger partial charge on any atom is -0.497 e. The number of hydrazone groups is 1. The second kappa shape index (κ2) is 8.57. The monoisotopic (exact) mass is 411 g/mol. The van der Waals surface area contributed by atoms with E-state index in [0.29, 0.717) is 17.1 Å². The maximum atomic E-state index is 14.6. The van der Waals surface area contributed by atoms with E-state index in [4.69, 9.17) is 9.47 Å². The van der Waals surface area contributed by atoms with Gasteiger partial charge in [-0.3, -0.25) is 4.79 Å². The first kappa shape index (κ1) is 21.4. The predicted molar refractivity (Wildman–Crippen MR) is 117 cm³/mol. The third-order valence-corrected chi connectivity index (χ3v) is 5.16. The van der Waals surface area contributed by atoms with Crippen LogP contribution in [0.25, 0.3) is 5.57 Å². The molecule has 1 aliphatic heterocycles. The number of benzene rings is 2. The zero-order valence-electron chi connectivity index (χ0n) is 17.8. The van der Waals surface area contributed by atoms with Crippen LogP contribution in [0.15, 0.2) is 47.6 Å². The highest BCUT2D eigenvalue weighted by Crippen LogP contribution is 2.38. The zero-order chi connectivity index (χ0) is 21.9. The van der Waals surface area contributed by atoms with Crippen LogP contribution in [0.3, 0.4) is 0 Å². The number of ether oxygens (including phenoxy) is 2. The highest BCUT2D eigenvalue weighted by Gasteiger charge is 2.29. The molecule has 158 valence electrons. The molecule has 0 saturated heterocycles. The quantitative estimate of drug-likeness (QED) is 0.577. The Morgan fingerprint density at radius 1 is 1.23 bits per heavy atom. The average Bonchev–Trinajstić information content (AvgIpc) is 2.71. The number of anilines is 1. The Morgan fingerprint density at radius 3 is 2.57 bits per heavy atom. The molecule has 7 heteroatoms. The average molecular weight is 411 g/mol. The maximum absolute atomic E-state index is 14.6. The lowest BCUT2D eigenvalue weighted by atomic mass is 9.88. The molecule has 1 amide bonds. The molecule has 0 aliphatic carbocycles. The van der Waals surface area contributed by atoms with Crippen molar-refractivity contribution >= 4 is 23.4 Å². The zero-order valence-corrected chi connectivity index (χ0v) is 17.8. The van der Waals surface area contributed by atoms with E-state index in [2.05, 4.69) is 30.5 Å². The molecule has 1 aliphatic rings. The van der Waals surface area contributed by atoms with Gasteiger partial charge in [-0.25, -0.2) is 9.82 Å². The van der Waals surface area contributed by atoms with Crippen LogP contribution in [0.2, 0.25) is 0 Å². The summed E-state index contributed by atoms with van der Waals surface area (Å²) >= 11 is 0. The summed E-state index contributed by atoms with van der Waals surface area (Å²) in [6.07, 6.45) is 3.44. The molecule has 0 unspecified atom stereocenters. The van der Waals surface area contributed by atoms with Gasteiger partial charge in [0.2, 0.25) is 0 Å². The number of fused-ring (bicyclic) bond motifs is 1. The van der Waals surface area contributed by atoms with Crippen molar-refractivity contribution in [2.24, 2.45) is 5.10 Å². The summed E-state index contributed by atoms with van der Waals surface area (Å²) in [5.74, 6) is 0.380. The number of amides is 1. The number of rotatable bonds is 6. The van der Waals surface area contributed by atoms with Crippen molar-refractivity contribution in [3.63, 3.8) is 0 Å². The summed E-state index contributed by atoms with van der Waals surface area (Å²) in [6, 6.07) is 10.1. The number of carbonyl (C=O) groups is 1. The van der Waals surface area contributed by atoms with E-state index in [-0.39, 0.29) is 12.1 Å². The number of likely N-dealkylation sites (N-methyl/N-ethyl adjacent to an activating group) is 1. The Morgan fingerprint density at radius 2 is 1.90 bits per heavy atom. The highest BCUT2D eigenvalue weighted by atomic mass is 19.1. The summed E-state index contributed by atoms with van der Waals surface area (Å²) < 4.78 is 25.1. The fourth-order valence-corrected chi connectivity index (χ4v) is 3.31. The van der Waals surface area contributed by atoms with Gasteiger partial charge >= 0.3 is 0 Å². The standard InChI is InChI=1S/C23H26FN3O3/c1-15-12-23(2,3)27(4)21-11-20(24)16(10-19(15)21)13-25-26-22(28)14-30-18-8-6-17(29-5)7-9-18/h6-13H,14H2,1-5H3,(H,26,28)/b25-13+. The third-order valence-electron chi connectivity index (χ3n) is 5.16. The van der Waals surface area contributed by atoms with Gasteiger partial charge in [0, 0.05) is 23.9 Å². The summed E-state index contributed by atoms with van der Waals surface area (Å²) in [7, 11) is 3.52. The van der Waals surface area contributed by atoms with Crippen LogP contribution in [0.5, 0.6) is 11.5 Å². The van der Waals surface area contributed by atoms with Gasteiger partial charge in [0.15, 0.2) is 6.61 Å². The smallest absolute Gasteiger partial charge is 0.277 e. The fraction of sp³-hybridized carbons (Fsp3) is 0.304. The van der Waals surface area contributed by atoms with Crippen LogP contribution < -0.4 is 19.8 Å². The van der Waals surface area contributed by atoms with Crippen molar-refractivity contribution in [1.82, 2.24) is 5.43 Å². The molecule has 0 bridgehead atoms. The number of nitrogens with one attached hydrogen (secondary N) is 1. The van der Waals surface area contributed by atoms with Crippen molar-refractivity contribution in [3.05, 3.63) is 59.4 Å². The molecule has 6 nitrogen and oxygen atoms in total. The summed E-state index contributed by atoms with van der Waals surface area (Å²) in [4.78, 5) is 14.0. The Labute approximate surface area is 176 Å². The first-order valence-electron chi connectivity index (χ1n) is 9.57. The lowest BCUT2D eigenvalue weighted by molar-refractivity contribution is -0.123. The van der Waals surface area contributed by atoms with Crippen LogP contribution in [0.1, 0.15) is 31.9 Å². The molecule has 0 spiro atoms. The first-order chi connectivity index (χ1) is 14.2. The van der Waals surface area contributed by atoms with Crippen LogP contribution in [0.4, 0.5) is 10.1 Å². The minimum atomic E-state index is -0.446. The van der Waals surface area contributed by atoms with Crippen molar-refractivity contribution in [2.45, 2.75) is 26.3 Å². The summed E-state index contributed by atoms with van der Waals surface area (Å²) in [5.41, 5.74) is 5.29. The van der Waals surface area contributed by atoms with Gasteiger partial charge in [-0.15, -0.1) is 0 Å². The van der Waals surface area contributed by atoms with Crippen LogP contribution in [0, 0.1) is 5.82 Å². The number of hydrogen-bond acceptors (Lipinski definition) is 5. The SMILES string of the molecule is COc1ccc(OCC(=O)N/N=C/c2cc3c(cc2F)N(C)C(C)(C)C=C3C)cc1. The van der Waals surface area contributed by atoms with Crippen LogP contribution >= 0.6 is 0 Å². The first-order valence-corrected chi connectivity index (χ1v) is 9.57. The van der Waals surface area contributed by atoms with E-state index >= 15 is 0 Å². The molecule has 0 fully saturated rings. The fourth-order valence-electron chi connectivity index (χ4n) is 3.31. The minimum absolute atomic E-state index is 0.197. The molecule has 2 aromatic rings.